The molecule has 0 spiro atoms. The Labute approximate surface area is 176 Å². The molecule has 5 nitrogen and oxygen atoms in total. The lowest BCUT2D eigenvalue weighted by molar-refractivity contribution is -0.136. The van der Waals surface area contributed by atoms with Crippen molar-refractivity contribution < 1.29 is 26.7 Å². The number of urea groups is 1. The third-order valence-corrected chi connectivity index (χ3v) is 5.85. The van der Waals surface area contributed by atoms with Crippen LogP contribution < -0.4 is 10.2 Å². The van der Waals surface area contributed by atoms with E-state index in [0.29, 0.717) is 30.6 Å². The number of hydrogen-bond acceptors (Lipinski definition) is 3. The highest BCUT2D eigenvalue weighted by atomic mass is 19.4. The number of piperidine rings is 1. The minimum atomic E-state index is -4.52. The number of nitrogens with zero attached hydrogens (tertiary/aromatic N) is 3. The third-order valence-electron chi connectivity index (χ3n) is 5.85. The highest BCUT2D eigenvalue weighted by molar-refractivity contribution is 5.94. The molecule has 4 rings (SSSR count). The summed E-state index contributed by atoms with van der Waals surface area (Å²) in [7, 11) is 0. The predicted molar refractivity (Wildman–Crippen MR) is 106 cm³/mol. The lowest BCUT2D eigenvalue weighted by Crippen LogP contribution is -2.53. The largest absolute Gasteiger partial charge is 0.418 e. The number of pyridine rings is 1. The lowest BCUT2D eigenvalue weighted by Gasteiger charge is -2.39. The Bertz CT molecular complexity index is 958. The SMILES string of the molecule is CC1CC(NC(=O)N2CC(F)C(F)C2)CN(c2ccc(C(F)(F)F)c3ncccc23)C1. The van der Waals surface area contributed by atoms with E-state index in [2.05, 4.69) is 10.3 Å². The molecule has 0 aliphatic carbocycles. The molecule has 1 aromatic heterocycles. The molecule has 2 fully saturated rings. The van der Waals surface area contributed by atoms with Crippen LogP contribution in [0.25, 0.3) is 10.9 Å². The average Bonchev–Trinajstić information content (AvgIpc) is 3.04. The van der Waals surface area contributed by atoms with E-state index in [1.165, 1.54) is 12.3 Å². The number of likely N-dealkylation sites (tertiary alicyclic amines) is 1. The maximum absolute atomic E-state index is 13.4. The Hall–Kier alpha value is -2.65. The van der Waals surface area contributed by atoms with Gasteiger partial charge >= 0.3 is 12.2 Å². The van der Waals surface area contributed by atoms with Gasteiger partial charge in [0.25, 0.3) is 0 Å². The van der Waals surface area contributed by atoms with E-state index in [0.717, 1.165) is 11.0 Å². The van der Waals surface area contributed by atoms with Crippen LogP contribution in [0.3, 0.4) is 0 Å². The van der Waals surface area contributed by atoms with Crippen molar-refractivity contribution in [3.63, 3.8) is 0 Å². The van der Waals surface area contributed by atoms with Gasteiger partial charge in [0, 0.05) is 36.4 Å². The quantitative estimate of drug-likeness (QED) is 0.711. The van der Waals surface area contributed by atoms with Gasteiger partial charge in [-0.2, -0.15) is 13.2 Å². The van der Waals surface area contributed by atoms with Gasteiger partial charge in [0.05, 0.1) is 24.2 Å². The van der Waals surface area contributed by atoms with Gasteiger partial charge in [-0.3, -0.25) is 4.98 Å². The molecule has 168 valence electrons. The molecule has 2 saturated heterocycles. The number of carbonyl (C=O) groups is 1. The highest BCUT2D eigenvalue weighted by Gasteiger charge is 2.37. The number of carbonyl (C=O) groups excluding carboxylic acids is 1. The van der Waals surface area contributed by atoms with E-state index in [1.54, 1.807) is 12.1 Å². The molecule has 3 heterocycles. The second-order valence-electron chi connectivity index (χ2n) is 8.36. The van der Waals surface area contributed by atoms with Gasteiger partial charge in [-0.1, -0.05) is 6.92 Å². The summed E-state index contributed by atoms with van der Waals surface area (Å²) in [5.41, 5.74) is -0.306. The van der Waals surface area contributed by atoms with Crippen molar-refractivity contribution in [3.8, 4) is 0 Å². The number of rotatable bonds is 2. The molecule has 0 bridgehead atoms. The number of benzene rings is 1. The molecule has 2 aromatic rings. The molecule has 2 aliphatic heterocycles. The summed E-state index contributed by atoms with van der Waals surface area (Å²) in [5, 5.41) is 3.22. The fraction of sp³-hybridized carbons (Fsp3) is 0.524. The van der Waals surface area contributed by atoms with E-state index < -0.39 is 30.1 Å². The van der Waals surface area contributed by atoms with E-state index >= 15 is 0 Å². The normalized spacial score (nSPS) is 27.0. The first-order valence-corrected chi connectivity index (χ1v) is 10.2. The fourth-order valence-corrected chi connectivity index (χ4v) is 4.47. The van der Waals surface area contributed by atoms with Crippen molar-refractivity contribution in [2.75, 3.05) is 31.1 Å². The number of fused-ring (bicyclic) bond motifs is 1. The van der Waals surface area contributed by atoms with E-state index in [9.17, 15) is 26.7 Å². The van der Waals surface area contributed by atoms with Crippen molar-refractivity contribution in [3.05, 3.63) is 36.0 Å². The van der Waals surface area contributed by atoms with E-state index in [1.807, 2.05) is 11.8 Å². The second kappa shape index (κ2) is 8.12. The zero-order chi connectivity index (χ0) is 22.3. The molecule has 4 unspecified atom stereocenters. The Balaban J connectivity index is 1.56. The summed E-state index contributed by atoms with van der Waals surface area (Å²) in [4.78, 5) is 19.5. The van der Waals surface area contributed by atoms with Gasteiger partial charge in [0.15, 0.2) is 12.3 Å². The number of alkyl halides is 5. The van der Waals surface area contributed by atoms with E-state index in [-0.39, 0.29) is 30.6 Å². The van der Waals surface area contributed by atoms with Crippen LogP contribution in [0.15, 0.2) is 30.5 Å². The van der Waals surface area contributed by atoms with Crippen molar-refractivity contribution in [2.24, 2.45) is 5.92 Å². The van der Waals surface area contributed by atoms with Crippen molar-refractivity contribution >= 4 is 22.6 Å². The minimum Gasteiger partial charge on any atom is -0.369 e. The van der Waals surface area contributed by atoms with Gasteiger partial charge < -0.3 is 15.1 Å². The summed E-state index contributed by atoms with van der Waals surface area (Å²) >= 11 is 0. The van der Waals surface area contributed by atoms with Crippen LogP contribution in [0.1, 0.15) is 18.9 Å². The number of aromatic nitrogens is 1. The van der Waals surface area contributed by atoms with Gasteiger partial charge in [-0.15, -0.1) is 0 Å². The minimum absolute atomic E-state index is 0.119. The maximum atomic E-state index is 13.4. The van der Waals surface area contributed by atoms with E-state index in [4.69, 9.17) is 0 Å². The predicted octanol–water partition coefficient (Wildman–Crippen LogP) is 4.17. The Kier molecular flexibility index (Phi) is 5.65. The Morgan fingerprint density at radius 2 is 1.81 bits per heavy atom. The van der Waals surface area contributed by atoms with Crippen molar-refractivity contribution in [1.82, 2.24) is 15.2 Å². The summed E-state index contributed by atoms with van der Waals surface area (Å²) in [6.07, 6.45) is -5.90. The molecule has 2 aliphatic rings. The van der Waals surface area contributed by atoms with Gasteiger partial charge in [0.1, 0.15) is 0 Å². The van der Waals surface area contributed by atoms with Gasteiger partial charge in [-0.05, 0) is 36.6 Å². The summed E-state index contributed by atoms with van der Waals surface area (Å²) < 4.78 is 67.1. The topological polar surface area (TPSA) is 48.5 Å². The van der Waals surface area contributed by atoms with Crippen LogP contribution in [0.4, 0.5) is 32.4 Å². The molecule has 1 N–H and O–H groups in total. The molecule has 0 saturated carbocycles. The maximum Gasteiger partial charge on any atom is 0.418 e. The monoisotopic (exact) mass is 442 g/mol. The van der Waals surface area contributed by atoms with Crippen LogP contribution in [0.2, 0.25) is 0 Å². The standard InChI is InChI=1S/C21H23F5N4O/c1-12-7-13(28-20(31)30-10-16(22)17(23)11-30)9-29(8-12)18-5-4-15(21(24,25)26)19-14(18)3-2-6-27-19/h2-6,12-13,16-17H,7-11H2,1H3,(H,28,31). The number of anilines is 1. The summed E-state index contributed by atoms with van der Waals surface area (Å²) in [5.74, 6) is 0.148. The Morgan fingerprint density at radius 3 is 2.48 bits per heavy atom. The zero-order valence-electron chi connectivity index (χ0n) is 16.9. The summed E-state index contributed by atoms with van der Waals surface area (Å²) in [6.45, 7) is 2.39. The smallest absolute Gasteiger partial charge is 0.369 e. The first kappa shape index (κ1) is 21.6. The molecule has 4 atom stereocenters. The second-order valence-corrected chi connectivity index (χ2v) is 8.36. The van der Waals surface area contributed by atoms with Crippen LogP contribution in [-0.4, -0.2) is 60.5 Å². The molecule has 10 heteroatoms. The van der Waals surface area contributed by atoms with Gasteiger partial charge in [-0.25, -0.2) is 13.6 Å². The third kappa shape index (κ3) is 4.38. The first-order valence-electron chi connectivity index (χ1n) is 10.2. The molecular weight excluding hydrogens is 419 g/mol. The zero-order valence-corrected chi connectivity index (χ0v) is 16.9. The Morgan fingerprint density at radius 1 is 1.10 bits per heavy atom. The molecule has 2 amide bonds. The molecule has 31 heavy (non-hydrogen) atoms. The number of nitrogens with one attached hydrogen (secondary N) is 1. The molecule has 1 aromatic carbocycles. The number of amides is 2. The van der Waals surface area contributed by atoms with Crippen molar-refractivity contribution in [1.29, 1.82) is 0 Å². The average molecular weight is 442 g/mol. The lowest BCUT2D eigenvalue weighted by atomic mass is 9.94. The fourth-order valence-electron chi connectivity index (χ4n) is 4.47. The van der Waals surface area contributed by atoms with Crippen LogP contribution in [0.5, 0.6) is 0 Å². The summed E-state index contributed by atoms with van der Waals surface area (Å²) in [6, 6.07) is 4.83. The van der Waals surface area contributed by atoms with Crippen molar-refractivity contribution in [2.45, 2.75) is 37.9 Å². The molecular formula is C21H23F5N4O. The number of hydrogen-bond donors (Lipinski definition) is 1. The number of halogens is 5. The van der Waals surface area contributed by atoms with Crippen LogP contribution >= 0.6 is 0 Å². The first-order chi connectivity index (χ1) is 14.6. The van der Waals surface area contributed by atoms with Crippen LogP contribution in [0, 0.1) is 5.92 Å². The highest BCUT2D eigenvalue weighted by Crippen LogP contribution is 2.38. The van der Waals surface area contributed by atoms with Gasteiger partial charge in [0.2, 0.25) is 0 Å². The van der Waals surface area contributed by atoms with Crippen LogP contribution in [-0.2, 0) is 6.18 Å². The molecule has 0 radical (unpaired) electrons.